The summed E-state index contributed by atoms with van der Waals surface area (Å²) in [5, 5.41) is 3.49. The van der Waals surface area contributed by atoms with Gasteiger partial charge in [0.25, 0.3) is 0 Å². The predicted octanol–water partition coefficient (Wildman–Crippen LogP) is 2.91. The maximum atomic E-state index is 12.2. The van der Waals surface area contributed by atoms with Crippen LogP contribution in [0.5, 0.6) is 0 Å². The van der Waals surface area contributed by atoms with Gasteiger partial charge in [-0.25, -0.2) is 0 Å². The average molecular weight is 336 g/mol. The zero-order valence-electron chi connectivity index (χ0n) is 14.8. The van der Waals surface area contributed by atoms with E-state index in [1.54, 1.807) is 0 Å². The first-order chi connectivity index (χ1) is 12.1. The number of allylic oxidation sites excluding steroid dienone is 2. The van der Waals surface area contributed by atoms with Crippen LogP contribution in [0.1, 0.15) is 48.2 Å². The Labute approximate surface area is 148 Å². The van der Waals surface area contributed by atoms with Crippen molar-refractivity contribution in [3.63, 3.8) is 0 Å². The van der Waals surface area contributed by atoms with Crippen molar-refractivity contribution in [3.8, 4) is 0 Å². The molecule has 0 fully saturated rings. The van der Waals surface area contributed by atoms with Gasteiger partial charge in [-0.1, -0.05) is 19.9 Å². The Kier molecular flexibility index (Phi) is 4.08. The largest absolute Gasteiger partial charge is 0.362 e. The molecule has 2 aliphatic carbocycles. The molecule has 4 rings (SSSR count). The molecule has 0 saturated heterocycles. The van der Waals surface area contributed by atoms with Crippen molar-refractivity contribution in [2.45, 2.75) is 45.2 Å². The number of aldehydes is 1. The standard InChI is InChI=1S/C21H24N2O2/c1-13(2)22-9-10-23-18-6-3-14(12-24)11-17(18)21-16-5-8-20(25)15(16)4-7-19(21)23/h3-4,7,11-13,18,22H,5-6,8-10H2,1-2H3. The Balaban J connectivity index is 1.77. The summed E-state index contributed by atoms with van der Waals surface area (Å²) >= 11 is 0. The van der Waals surface area contributed by atoms with Gasteiger partial charge in [-0.15, -0.1) is 0 Å². The molecule has 130 valence electrons. The van der Waals surface area contributed by atoms with Crippen LogP contribution in [-0.4, -0.2) is 37.2 Å². The predicted molar refractivity (Wildman–Crippen MR) is 100 cm³/mol. The highest BCUT2D eigenvalue weighted by molar-refractivity contribution is 6.05. The third-order valence-electron chi connectivity index (χ3n) is 5.47. The molecule has 1 aromatic carbocycles. The lowest BCUT2D eigenvalue weighted by Gasteiger charge is -2.29. The van der Waals surface area contributed by atoms with E-state index in [-0.39, 0.29) is 11.8 Å². The maximum Gasteiger partial charge on any atom is 0.163 e. The number of rotatable bonds is 5. The summed E-state index contributed by atoms with van der Waals surface area (Å²) < 4.78 is 0. The molecule has 1 N–H and O–H groups in total. The minimum atomic E-state index is 0.247. The number of ketones is 1. The summed E-state index contributed by atoms with van der Waals surface area (Å²) in [6.07, 6.45) is 7.26. The number of benzene rings is 1. The lowest BCUT2D eigenvalue weighted by atomic mass is 9.89. The molecule has 25 heavy (non-hydrogen) atoms. The number of hydrogen-bond acceptors (Lipinski definition) is 4. The Hall–Kier alpha value is -2.20. The van der Waals surface area contributed by atoms with Crippen LogP contribution in [0.15, 0.2) is 29.9 Å². The number of hydrogen-bond donors (Lipinski definition) is 1. The Morgan fingerprint density at radius 2 is 2.16 bits per heavy atom. The molecule has 1 aliphatic heterocycles. The molecule has 0 saturated carbocycles. The Bertz CT molecular complexity index is 804. The molecule has 4 heteroatoms. The van der Waals surface area contributed by atoms with Crippen LogP contribution < -0.4 is 10.2 Å². The first-order valence-corrected chi connectivity index (χ1v) is 9.16. The van der Waals surface area contributed by atoms with E-state index >= 15 is 0 Å². The minimum Gasteiger partial charge on any atom is -0.362 e. The SMILES string of the molecule is CC(C)NCCN1c2ccc3c(c2C2=CC(C=O)=CCC21)CCC3=O. The highest BCUT2D eigenvalue weighted by atomic mass is 16.1. The van der Waals surface area contributed by atoms with E-state index in [0.29, 0.717) is 12.5 Å². The van der Waals surface area contributed by atoms with Crippen molar-refractivity contribution in [2.24, 2.45) is 0 Å². The van der Waals surface area contributed by atoms with E-state index in [1.165, 1.54) is 22.4 Å². The highest BCUT2D eigenvalue weighted by Gasteiger charge is 2.38. The number of Topliss-reactive ketones (excluding diaryl/α,β-unsaturated/α-hetero) is 1. The number of nitrogens with one attached hydrogen (secondary N) is 1. The molecule has 0 amide bonds. The van der Waals surface area contributed by atoms with Gasteiger partial charge in [0.05, 0.1) is 6.04 Å². The average Bonchev–Trinajstić information content (AvgIpc) is 3.13. The monoisotopic (exact) mass is 336 g/mol. The molecule has 1 aromatic rings. The van der Waals surface area contributed by atoms with Crippen LogP contribution in [0.2, 0.25) is 0 Å². The number of carbonyl (C=O) groups excluding carboxylic acids is 2. The second-order valence-electron chi connectivity index (χ2n) is 7.38. The van der Waals surface area contributed by atoms with E-state index < -0.39 is 0 Å². The molecule has 4 nitrogen and oxygen atoms in total. The summed E-state index contributed by atoms with van der Waals surface area (Å²) in [6, 6.07) is 4.84. The van der Waals surface area contributed by atoms with Gasteiger partial charge in [-0.2, -0.15) is 0 Å². The smallest absolute Gasteiger partial charge is 0.163 e. The van der Waals surface area contributed by atoms with E-state index in [2.05, 4.69) is 30.1 Å². The number of nitrogens with zero attached hydrogens (tertiary/aromatic N) is 1. The maximum absolute atomic E-state index is 12.2. The van der Waals surface area contributed by atoms with Gasteiger partial charge in [0, 0.05) is 47.9 Å². The second kappa shape index (κ2) is 6.26. The van der Waals surface area contributed by atoms with Gasteiger partial charge in [0.15, 0.2) is 5.78 Å². The molecule has 0 radical (unpaired) electrons. The number of fused-ring (bicyclic) bond motifs is 5. The Morgan fingerprint density at radius 3 is 2.92 bits per heavy atom. The fourth-order valence-electron chi connectivity index (χ4n) is 4.33. The molecule has 0 bridgehead atoms. The van der Waals surface area contributed by atoms with Crippen molar-refractivity contribution in [1.82, 2.24) is 5.32 Å². The molecule has 0 spiro atoms. The van der Waals surface area contributed by atoms with Crippen molar-refractivity contribution in [3.05, 3.63) is 46.5 Å². The zero-order valence-corrected chi connectivity index (χ0v) is 14.8. The van der Waals surface area contributed by atoms with Crippen LogP contribution >= 0.6 is 0 Å². The Morgan fingerprint density at radius 1 is 1.32 bits per heavy atom. The van der Waals surface area contributed by atoms with Crippen LogP contribution in [0, 0.1) is 0 Å². The molecule has 1 atom stereocenters. The third kappa shape index (κ3) is 2.65. The van der Waals surface area contributed by atoms with Crippen molar-refractivity contribution >= 4 is 23.3 Å². The van der Waals surface area contributed by atoms with Gasteiger partial charge < -0.3 is 10.2 Å². The van der Waals surface area contributed by atoms with Crippen LogP contribution in [-0.2, 0) is 11.2 Å². The molecule has 0 aromatic heterocycles. The van der Waals surface area contributed by atoms with E-state index in [0.717, 1.165) is 43.4 Å². The number of carbonyl (C=O) groups is 2. The topological polar surface area (TPSA) is 49.4 Å². The molecule has 1 unspecified atom stereocenters. The van der Waals surface area contributed by atoms with Gasteiger partial charge in [-0.3, -0.25) is 9.59 Å². The van der Waals surface area contributed by atoms with Crippen molar-refractivity contribution < 1.29 is 9.59 Å². The molecule has 1 heterocycles. The summed E-state index contributed by atoms with van der Waals surface area (Å²) in [7, 11) is 0. The fourth-order valence-corrected chi connectivity index (χ4v) is 4.33. The lowest BCUT2D eigenvalue weighted by Crippen LogP contribution is -2.39. The summed E-state index contributed by atoms with van der Waals surface area (Å²) in [5.74, 6) is 0.247. The molecular weight excluding hydrogens is 312 g/mol. The van der Waals surface area contributed by atoms with E-state index in [4.69, 9.17) is 0 Å². The quantitative estimate of drug-likeness (QED) is 0.840. The van der Waals surface area contributed by atoms with E-state index in [1.807, 2.05) is 18.2 Å². The molecular formula is C21H24N2O2. The van der Waals surface area contributed by atoms with Crippen LogP contribution in [0.3, 0.4) is 0 Å². The highest BCUT2D eigenvalue weighted by Crippen LogP contribution is 2.48. The van der Waals surface area contributed by atoms with Crippen molar-refractivity contribution in [2.75, 3.05) is 18.0 Å². The minimum absolute atomic E-state index is 0.247. The third-order valence-corrected chi connectivity index (χ3v) is 5.47. The fraction of sp³-hybridized carbons (Fsp3) is 0.429. The van der Waals surface area contributed by atoms with Gasteiger partial charge >= 0.3 is 0 Å². The van der Waals surface area contributed by atoms with E-state index in [9.17, 15) is 9.59 Å². The summed E-state index contributed by atoms with van der Waals surface area (Å²) in [4.78, 5) is 25.9. The van der Waals surface area contributed by atoms with Crippen LogP contribution in [0.4, 0.5) is 5.69 Å². The number of anilines is 1. The van der Waals surface area contributed by atoms with Crippen molar-refractivity contribution in [1.29, 1.82) is 0 Å². The molecule has 3 aliphatic rings. The lowest BCUT2D eigenvalue weighted by molar-refractivity contribution is -0.104. The van der Waals surface area contributed by atoms with Crippen LogP contribution in [0.25, 0.3) is 5.57 Å². The van der Waals surface area contributed by atoms with Gasteiger partial charge in [-0.05, 0) is 42.2 Å². The first-order valence-electron chi connectivity index (χ1n) is 9.16. The summed E-state index contributed by atoms with van der Waals surface area (Å²) in [5.41, 5.74) is 6.46. The van der Waals surface area contributed by atoms with Gasteiger partial charge in [0.1, 0.15) is 6.29 Å². The zero-order chi connectivity index (χ0) is 17.6. The first kappa shape index (κ1) is 16.3. The second-order valence-corrected chi connectivity index (χ2v) is 7.38. The summed E-state index contributed by atoms with van der Waals surface area (Å²) in [6.45, 7) is 6.15. The van der Waals surface area contributed by atoms with Gasteiger partial charge in [0.2, 0.25) is 0 Å². The normalized spacial score (nSPS) is 21.0.